The molecule has 1 unspecified atom stereocenters. The summed E-state index contributed by atoms with van der Waals surface area (Å²) >= 11 is 1.84. The quantitative estimate of drug-likeness (QED) is 0.745. The van der Waals surface area contributed by atoms with Crippen molar-refractivity contribution in [2.75, 3.05) is 5.75 Å². The fourth-order valence-electron chi connectivity index (χ4n) is 1.42. The molecule has 2 rings (SSSR count). The van der Waals surface area contributed by atoms with Crippen molar-refractivity contribution in [3.63, 3.8) is 0 Å². The minimum absolute atomic E-state index is 0.482. The summed E-state index contributed by atoms with van der Waals surface area (Å²) in [5.41, 5.74) is 1.15. The van der Waals surface area contributed by atoms with Crippen LogP contribution in [-0.2, 0) is 7.05 Å². The van der Waals surface area contributed by atoms with E-state index in [1.807, 2.05) is 35.9 Å². The van der Waals surface area contributed by atoms with Crippen LogP contribution in [0.1, 0.15) is 19.4 Å². The predicted octanol–water partition coefficient (Wildman–Crippen LogP) is 1.94. The molecule has 76 valence electrons. The molecule has 4 heteroatoms. The smallest absolute Gasteiger partial charge is 0.101 e. The van der Waals surface area contributed by atoms with Crippen molar-refractivity contribution in [1.82, 2.24) is 9.78 Å². The molecule has 0 amide bonds. The number of aromatic nitrogens is 2. The van der Waals surface area contributed by atoms with Crippen molar-refractivity contribution in [1.29, 1.82) is 0 Å². The van der Waals surface area contributed by atoms with Crippen molar-refractivity contribution in [2.24, 2.45) is 18.0 Å². The number of nitrogens with zero attached hydrogens (tertiary/aromatic N) is 3. The van der Waals surface area contributed by atoms with Crippen LogP contribution in [0.15, 0.2) is 17.4 Å². The molecule has 2 heterocycles. The first-order valence-electron chi connectivity index (χ1n) is 4.86. The summed E-state index contributed by atoms with van der Waals surface area (Å²) in [7, 11) is 1.93. The minimum atomic E-state index is 0.482. The van der Waals surface area contributed by atoms with E-state index < -0.39 is 0 Å². The third-order valence-electron chi connectivity index (χ3n) is 2.40. The fourth-order valence-corrected chi connectivity index (χ4v) is 2.69. The lowest BCUT2D eigenvalue weighted by molar-refractivity contribution is 0.544. The lowest BCUT2D eigenvalue weighted by atomic mass is 10.1. The topological polar surface area (TPSA) is 30.2 Å². The highest BCUT2D eigenvalue weighted by Gasteiger charge is 2.22. The number of hydrogen-bond acceptors (Lipinski definition) is 3. The van der Waals surface area contributed by atoms with Gasteiger partial charge >= 0.3 is 0 Å². The van der Waals surface area contributed by atoms with E-state index in [0.717, 1.165) is 16.4 Å². The van der Waals surface area contributed by atoms with Crippen molar-refractivity contribution in [3.8, 4) is 0 Å². The third-order valence-corrected chi connectivity index (χ3v) is 3.52. The van der Waals surface area contributed by atoms with Crippen molar-refractivity contribution in [2.45, 2.75) is 19.9 Å². The molecule has 3 nitrogen and oxygen atoms in total. The maximum Gasteiger partial charge on any atom is 0.101 e. The largest absolute Gasteiger partial charge is 0.275 e. The first-order chi connectivity index (χ1) is 6.66. The summed E-state index contributed by atoms with van der Waals surface area (Å²) in [6.45, 7) is 4.45. The molecule has 0 aliphatic carbocycles. The van der Waals surface area contributed by atoms with Crippen molar-refractivity contribution >= 4 is 16.8 Å². The SMILES string of the molecule is CC(C)C1CSC(c2cnn(C)c2)=N1. The predicted molar refractivity (Wildman–Crippen MR) is 60.8 cm³/mol. The van der Waals surface area contributed by atoms with Crippen LogP contribution in [-0.4, -0.2) is 26.6 Å². The van der Waals surface area contributed by atoms with Gasteiger partial charge in [-0.15, -0.1) is 11.8 Å². The summed E-state index contributed by atoms with van der Waals surface area (Å²) in [6.07, 6.45) is 3.91. The first-order valence-corrected chi connectivity index (χ1v) is 5.85. The molecule has 0 fully saturated rings. The second kappa shape index (κ2) is 3.77. The van der Waals surface area contributed by atoms with Crippen LogP contribution in [0.25, 0.3) is 0 Å². The van der Waals surface area contributed by atoms with E-state index in [1.165, 1.54) is 0 Å². The van der Waals surface area contributed by atoms with Gasteiger partial charge in [0.15, 0.2) is 0 Å². The van der Waals surface area contributed by atoms with Gasteiger partial charge < -0.3 is 0 Å². The van der Waals surface area contributed by atoms with Crippen LogP contribution >= 0.6 is 11.8 Å². The molecule has 1 aromatic heterocycles. The van der Waals surface area contributed by atoms with Crippen LogP contribution < -0.4 is 0 Å². The molecule has 0 aromatic carbocycles. The van der Waals surface area contributed by atoms with Crippen molar-refractivity contribution in [3.05, 3.63) is 18.0 Å². The Balaban J connectivity index is 2.17. The summed E-state index contributed by atoms with van der Waals surface area (Å²) in [5.74, 6) is 1.75. The average Bonchev–Trinajstić information content (AvgIpc) is 2.70. The number of aryl methyl sites for hydroxylation is 1. The Morgan fingerprint density at radius 2 is 2.36 bits per heavy atom. The molecule has 1 atom stereocenters. The van der Waals surface area contributed by atoms with Crippen molar-refractivity contribution < 1.29 is 0 Å². The Morgan fingerprint density at radius 1 is 1.57 bits per heavy atom. The monoisotopic (exact) mass is 209 g/mol. The van der Waals surface area contributed by atoms with E-state index in [2.05, 4.69) is 18.9 Å². The van der Waals surface area contributed by atoms with Gasteiger partial charge in [0, 0.05) is 24.6 Å². The Labute approximate surface area is 88.6 Å². The van der Waals surface area contributed by atoms with Crippen LogP contribution in [0.3, 0.4) is 0 Å². The maximum atomic E-state index is 4.70. The highest BCUT2D eigenvalue weighted by Crippen LogP contribution is 2.26. The van der Waals surface area contributed by atoms with E-state index in [4.69, 9.17) is 4.99 Å². The molecular weight excluding hydrogens is 194 g/mol. The van der Waals surface area contributed by atoms with E-state index in [0.29, 0.717) is 12.0 Å². The zero-order valence-electron chi connectivity index (χ0n) is 8.77. The highest BCUT2D eigenvalue weighted by molar-refractivity contribution is 8.14. The zero-order chi connectivity index (χ0) is 10.1. The van der Waals surface area contributed by atoms with Gasteiger partial charge in [-0.3, -0.25) is 9.67 Å². The number of hydrogen-bond donors (Lipinski definition) is 0. The molecule has 14 heavy (non-hydrogen) atoms. The molecule has 1 aromatic rings. The van der Waals surface area contributed by atoms with E-state index in [-0.39, 0.29) is 0 Å². The Morgan fingerprint density at radius 3 is 2.86 bits per heavy atom. The normalized spacial score (nSPS) is 21.7. The number of rotatable bonds is 2. The van der Waals surface area contributed by atoms with E-state index >= 15 is 0 Å². The standard InChI is InChI=1S/C10H15N3S/c1-7(2)9-6-14-10(12-9)8-4-11-13(3)5-8/h4-5,7,9H,6H2,1-3H3. The van der Waals surface area contributed by atoms with E-state index in [9.17, 15) is 0 Å². The highest BCUT2D eigenvalue weighted by atomic mass is 32.2. The van der Waals surface area contributed by atoms with Gasteiger partial charge in [0.2, 0.25) is 0 Å². The summed E-state index contributed by atoms with van der Waals surface area (Å²) < 4.78 is 1.82. The lowest BCUT2D eigenvalue weighted by Gasteiger charge is -2.07. The van der Waals surface area contributed by atoms with Crippen LogP contribution in [0.5, 0.6) is 0 Å². The molecule has 0 radical (unpaired) electrons. The zero-order valence-corrected chi connectivity index (χ0v) is 9.58. The second-order valence-corrected chi connectivity index (χ2v) is 4.97. The second-order valence-electron chi connectivity index (χ2n) is 3.96. The Kier molecular flexibility index (Phi) is 2.63. The van der Waals surface area contributed by atoms with Gasteiger partial charge in [-0.1, -0.05) is 13.8 Å². The fraction of sp³-hybridized carbons (Fsp3) is 0.600. The number of aliphatic imine (C=N–C) groups is 1. The Hall–Kier alpha value is -0.770. The van der Waals surface area contributed by atoms with Gasteiger partial charge in [0.25, 0.3) is 0 Å². The molecule has 0 saturated carbocycles. The van der Waals surface area contributed by atoms with Gasteiger partial charge in [-0.25, -0.2) is 0 Å². The molecule has 1 aliphatic rings. The van der Waals surface area contributed by atoms with Gasteiger partial charge in [-0.2, -0.15) is 5.10 Å². The average molecular weight is 209 g/mol. The molecule has 0 bridgehead atoms. The molecule has 0 spiro atoms. The first kappa shape index (κ1) is 9.77. The van der Waals surface area contributed by atoms with Crippen LogP contribution in [0, 0.1) is 5.92 Å². The molecular formula is C10H15N3S. The summed E-state index contributed by atoms with van der Waals surface area (Å²) in [4.78, 5) is 4.70. The van der Waals surface area contributed by atoms with Gasteiger partial charge in [0.1, 0.15) is 5.04 Å². The molecule has 0 N–H and O–H groups in total. The Bertz CT molecular complexity index is 354. The maximum absolute atomic E-state index is 4.70. The molecule has 0 saturated heterocycles. The summed E-state index contributed by atoms with van der Waals surface area (Å²) in [6, 6.07) is 0.482. The van der Waals surface area contributed by atoms with Gasteiger partial charge in [-0.05, 0) is 5.92 Å². The van der Waals surface area contributed by atoms with E-state index in [1.54, 1.807) is 0 Å². The molecule has 1 aliphatic heterocycles. The van der Waals surface area contributed by atoms with Crippen LogP contribution in [0.4, 0.5) is 0 Å². The van der Waals surface area contributed by atoms with Gasteiger partial charge in [0.05, 0.1) is 12.2 Å². The number of thioether (sulfide) groups is 1. The van der Waals surface area contributed by atoms with Crippen LogP contribution in [0.2, 0.25) is 0 Å². The summed E-state index contributed by atoms with van der Waals surface area (Å²) in [5, 5.41) is 5.30. The lowest BCUT2D eigenvalue weighted by Crippen LogP contribution is -2.11. The third kappa shape index (κ3) is 1.85. The minimum Gasteiger partial charge on any atom is -0.275 e.